The molecule has 3 aromatic rings. The fraction of sp³-hybridized carbons (Fsp3) is 0.250. The monoisotopic (exact) mass is 420 g/mol. The number of pyridine rings is 1. The molecule has 4 rings (SSSR count). The normalized spacial score (nSPS) is 17.3. The van der Waals surface area contributed by atoms with Gasteiger partial charge in [-0.15, -0.1) is 0 Å². The van der Waals surface area contributed by atoms with Gasteiger partial charge >= 0.3 is 0 Å². The number of aromatic nitrogens is 4. The van der Waals surface area contributed by atoms with E-state index in [1.807, 2.05) is 0 Å². The van der Waals surface area contributed by atoms with Gasteiger partial charge in [0.2, 0.25) is 5.88 Å². The maximum absolute atomic E-state index is 13.6. The summed E-state index contributed by atoms with van der Waals surface area (Å²) in [6, 6.07) is 1.36. The maximum Gasteiger partial charge on any atom is 0.256 e. The van der Waals surface area contributed by atoms with E-state index in [0.29, 0.717) is 32.9 Å². The number of ether oxygens (including phenoxy) is 1. The van der Waals surface area contributed by atoms with Gasteiger partial charge in [-0.2, -0.15) is 5.10 Å². The van der Waals surface area contributed by atoms with E-state index in [2.05, 4.69) is 41.6 Å². The highest BCUT2D eigenvalue weighted by Crippen LogP contribution is 2.25. The van der Waals surface area contributed by atoms with E-state index in [0.717, 1.165) is 6.20 Å². The third-order valence-electron chi connectivity index (χ3n) is 3.89. The van der Waals surface area contributed by atoms with E-state index in [4.69, 9.17) is 4.74 Å². The Morgan fingerprint density at radius 1 is 1.38 bits per heavy atom. The van der Waals surface area contributed by atoms with Crippen LogP contribution in [-0.2, 0) is 6.54 Å². The van der Waals surface area contributed by atoms with E-state index in [-0.39, 0.29) is 25.1 Å². The Balaban J connectivity index is 1.81. The molecule has 1 aliphatic heterocycles. The van der Waals surface area contributed by atoms with Crippen molar-refractivity contribution in [1.29, 1.82) is 0 Å². The predicted molar refractivity (Wildman–Crippen MR) is 94.6 cm³/mol. The molecule has 0 aromatic carbocycles. The van der Waals surface area contributed by atoms with Crippen LogP contribution in [-0.4, -0.2) is 38.1 Å². The molecule has 1 atom stereocenters. The molecule has 2 N–H and O–H groups in total. The molecule has 0 radical (unpaired) electrons. The predicted octanol–water partition coefficient (Wildman–Crippen LogP) is 2.15. The third-order valence-corrected chi connectivity index (χ3v) is 4.47. The first-order valence-electron chi connectivity index (χ1n) is 7.88. The number of nitrogens with zero attached hydrogens (tertiary/aromatic N) is 4. The average Bonchev–Trinajstić information content (AvgIpc) is 3.01. The summed E-state index contributed by atoms with van der Waals surface area (Å²) in [5.41, 5.74) is 1.32. The van der Waals surface area contributed by atoms with Gasteiger partial charge in [0, 0.05) is 18.3 Å². The van der Waals surface area contributed by atoms with Crippen LogP contribution in [0, 0.1) is 5.82 Å². The molecule has 26 heavy (non-hydrogen) atoms. The molecule has 0 unspecified atom stereocenters. The number of amides is 1. The lowest BCUT2D eigenvalue weighted by molar-refractivity contribution is 0.0932. The zero-order valence-corrected chi connectivity index (χ0v) is 15.2. The molecule has 0 spiro atoms. The molecule has 0 saturated carbocycles. The molecule has 3 aromatic heterocycles. The van der Waals surface area contributed by atoms with Gasteiger partial charge in [-0.25, -0.2) is 18.9 Å². The van der Waals surface area contributed by atoms with Gasteiger partial charge in [0.1, 0.15) is 23.3 Å². The Hall–Kier alpha value is -2.75. The molecule has 1 amide bonds. The summed E-state index contributed by atoms with van der Waals surface area (Å²) in [5.74, 6) is 0.0392. The van der Waals surface area contributed by atoms with Crippen LogP contribution >= 0.6 is 15.9 Å². The molecule has 8 nitrogen and oxygen atoms in total. The van der Waals surface area contributed by atoms with Crippen molar-refractivity contribution in [3.05, 3.63) is 46.1 Å². The molecular weight excluding hydrogens is 407 g/mol. The lowest BCUT2D eigenvalue weighted by Gasteiger charge is -2.17. The third kappa shape index (κ3) is 3.07. The number of nitrogens with one attached hydrogen (secondary N) is 2. The van der Waals surface area contributed by atoms with Gasteiger partial charge in [-0.1, -0.05) is 0 Å². The number of hydrogen-bond acceptors (Lipinski definition) is 6. The average molecular weight is 421 g/mol. The van der Waals surface area contributed by atoms with Crippen molar-refractivity contribution in [2.24, 2.45) is 0 Å². The summed E-state index contributed by atoms with van der Waals surface area (Å²) < 4.78 is 21.6. The van der Waals surface area contributed by atoms with Gasteiger partial charge in [0.15, 0.2) is 5.65 Å². The van der Waals surface area contributed by atoms with E-state index >= 15 is 0 Å². The minimum absolute atomic E-state index is 0.249. The van der Waals surface area contributed by atoms with Crippen molar-refractivity contribution < 1.29 is 13.9 Å². The van der Waals surface area contributed by atoms with Crippen LogP contribution in [0.3, 0.4) is 0 Å². The Labute approximate surface area is 155 Å². The standard InChI is InChI=1S/C16H14BrFN6O2/c1-8-3-20-15(25)11-6-22-24-7-12(17)13(23-14(11)24)19-4-9-2-10(18)5-21-16(9)26-8/h2,5-8H,3-4H2,1H3,(H,19,23)(H,20,25)/t8-/m0/s1. The van der Waals surface area contributed by atoms with Gasteiger partial charge in [0.25, 0.3) is 5.91 Å². The summed E-state index contributed by atoms with van der Waals surface area (Å²) in [5, 5.41) is 10.1. The second kappa shape index (κ2) is 6.52. The summed E-state index contributed by atoms with van der Waals surface area (Å²) in [6.45, 7) is 2.30. The number of fused-ring (bicyclic) bond motifs is 2. The van der Waals surface area contributed by atoms with Gasteiger partial charge in [0.05, 0.1) is 23.4 Å². The molecule has 1 aliphatic rings. The van der Waals surface area contributed by atoms with Crippen LogP contribution in [0.2, 0.25) is 0 Å². The van der Waals surface area contributed by atoms with Crippen molar-refractivity contribution in [2.45, 2.75) is 19.6 Å². The Morgan fingerprint density at radius 3 is 3.08 bits per heavy atom. The first-order chi connectivity index (χ1) is 12.5. The molecule has 2 bridgehead atoms. The largest absolute Gasteiger partial charge is 0.473 e. The van der Waals surface area contributed by atoms with Crippen LogP contribution in [0.4, 0.5) is 10.2 Å². The fourth-order valence-electron chi connectivity index (χ4n) is 2.62. The van der Waals surface area contributed by atoms with Crippen molar-refractivity contribution in [1.82, 2.24) is 24.9 Å². The topological polar surface area (TPSA) is 93.4 Å². The molecule has 0 fully saturated rings. The number of anilines is 1. The van der Waals surface area contributed by atoms with Crippen molar-refractivity contribution in [3.8, 4) is 5.88 Å². The second-order valence-corrected chi connectivity index (χ2v) is 6.73. The smallest absolute Gasteiger partial charge is 0.256 e. The Morgan fingerprint density at radius 2 is 2.23 bits per heavy atom. The number of carbonyl (C=O) groups is 1. The summed E-state index contributed by atoms with van der Waals surface area (Å²) in [6.07, 6.45) is 3.90. The van der Waals surface area contributed by atoms with Crippen LogP contribution in [0.25, 0.3) is 5.65 Å². The maximum atomic E-state index is 13.6. The van der Waals surface area contributed by atoms with E-state index in [1.54, 1.807) is 13.1 Å². The molecule has 10 heteroatoms. The number of halogens is 2. The van der Waals surface area contributed by atoms with Crippen LogP contribution in [0.1, 0.15) is 22.8 Å². The summed E-state index contributed by atoms with van der Waals surface area (Å²) in [7, 11) is 0. The first-order valence-corrected chi connectivity index (χ1v) is 8.67. The molecule has 134 valence electrons. The van der Waals surface area contributed by atoms with Gasteiger partial charge in [-0.3, -0.25) is 4.79 Å². The van der Waals surface area contributed by atoms with Crippen molar-refractivity contribution in [2.75, 3.05) is 11.9 Å². The fourth-order valence-corrected chi connectivity index (χ4v) is 3.04. The summed E-state index contributed by atoms with van der Waals surface area (Å²) >= 11 is 3.42. The van der Waals surface area contributed by atoms with Gasteiger partial charge < -0.3 is 15.4 Å². The van der Waals surface area contributed by atoms with E-state index in [9.17, 15) is 9.18 Å². The number of hydrogen-bond donors (Lipinski definition) is 2. The SMILES string of the molecule is C[C@H]1CNC(=O)c2cnn3cc(Br)c(nc23)NCc2cc(F)cnc2O1. The summed E-state index contributed by atoms with van der Waals surface area (Å²) in [4.78, 5) is 21.0. The highest BCUT2D eigenvalue weighted by atomic mass is 79.9. The van der Waals surface area contributed by atoms with Crippen molar-refractivity contribution in [3.63, 3.8) is 0 Å². The highest BCUT2D eigenvalue weighted by molar-refractivity contribution is 9.10. The number of rotatable bonds is 0. The van der Waals surface area contributed by atoms with Gasteiger partial charge in [-0.05, 0) is 28.9 Å². The quantitative estimate of drug-likeness (QED) is 0.578. The number of carbonyl (C=O) groups excluding carboxylic acids is 1. The lowest BCUT2D eigenvalue weighted by atomic mass is 10.2. The minimum atomic E-state index is -0.458. The zero-order chi connectivity index (χ0) is 18.3. The highest BCUT2D eigenvalue weighted by Gasteiger charge is 2.19. The molecule has 0 saturated heterocycles. The van der Waals surface area contributed by atoms with E-state index in [1.165, 1.54) is 16.8 Å². The Kier molecular flexibility index (Phi) is 4.19. The first kappa shape index (κ1) is 16.7. The van der Waals surface area contributed by atoms with E-state index < -0.39 is 5.82 Å². The Bertz CT molecular complexity index is 1010. The zero-order valence-electron chi connectivity index (χ0n) is 13.7. The van der Waals surface area contributed by atoms with Crippen LogP contribution in [0.15, 0.2) is 29.1 Å². The molecule has 0 aliphatic carbocycles. The second-order valence-electron chi connectivity index (χ2n) is 5.87. The molecular formula is C16H14BrFN6O2. The van der Waals surface area contributed by atoms with Crippen molar-refractivity contribution >= 4 is 33.3 Å². The van der Waals surface area contributed by atoms with Crippen LogP contribution < -0.4 is 15.4 Å². The lowest BCUT2D eigenvalue weighted by Crippen LogP contribution is -2.33. The van der Waals surface area contributed by atoms with Crippen LogP contribution in [0.5, 0.6) is 5.88 Å². The minimum Gasteiger partial charge on any atom is -0.473 e. The molecule has 4 heterocycles.